The monoisotopic (exact) mass is 726 g/mol. The molecule has 1 aliphatic heterocycles. The van der Waals surface area contributed by atoms with Gasteiger partial charge in [-0.2, -0.15) is 0 Å². The summed E-state index contributed by atoms with van der Waals surface area (Å²) < 4.78 is 11.1. The van der Waals surface area contributed by atoms with Crippen LogP contribution in [0.5, 0.6) is 0 Å². The molecule has 0 aromatic rings. The molecule has 298 valence electrons. The van der Waals surface area contributed by atoms with Crippen LogP contribution in [0.25, 0.3) is 0 Å². The van der Waals surface area contributed by atoms with E-state index in [2.05, 4.69) is 32.2 Å². The van der Waals surface area contributed by atoms with Crippen LogP contribution in [0, 0.1) is 0 Å². The Balaban J connectivity index is 2.63. The number of allylic oxidation sites excluding steroid dienone is 4. The minimum absolute atomic E-state index is 0.341. The van der Waals surface area contributed by atoms with Crippen LogP contribution in [-0.2, 0) is 14.3 Å². The van der Waals surface area contributed by atoms with E-state index in [0.29, 0.717) is 6.42 Å². The third kappa shape index (κ3) is 22.2. The third-order valence-corrected chi connectivity index (χ3v) is 9.67. The molecule has 1 heterocycles. The molecule has 1 saturated heterocycles. The molecule has 1 rings (SSSR count). The summed E-state index contributed by atoms with van der Waals surface area (Å²) in [6.45, 7) is 5.65. The van der Waals surface area contributed by atoms with E-state index in [0.717, 1.165) is 32.1 Å². The second-order valence-corrected chi connectivity index (χ2v) is 14.4. The van der Waals surface area contributed by atoms with E-state index >= 15 is 0 Å². The number of nitrogens with one attached hydrogen (secondary N) is 1. The van der Waals surface area contributed by atoms with Crippen LogP contribution >= 0.6 is 0 Å². The second kappa shape index (κ2) is 30.8. The smallest absolute Gasteiger partial charge is 0.253 e. The Hall–Kier alpha value is -1.63. The number of amides is 1. The number of hydrogen-bond donors (Lipinski definition) is 7. The number of ether oxygens (including phenoxy) is 2. The molecular formula is C41H75NO9. The molecule has 0 bridgehead atoms. The van der Waals surface area contributed by atoms with Gasteiger partial charge in [0.1, 0.15) is 24.4 Å². The average molecular weight is 726 g/mol. The van der Waals surface area contributed by atoms with Gasteiger partial charge in [0.15, 0.2) is 12.4 Å². The maximum Gasteiger partial charge on any atom is 0.253 e. The molecular weight excluding hydrogens is 650 g/mol. The van der Waals surface area contributed by atoms with Crippen molar-refractivity contribution in [3.63, 3.8) is 0 Å². The number of aliphatic hydroxyl groups excluding tert-OH is 6. The molecule has 51 heavy (non-hydrogen) atoms. The van der Waals surface area contributed by atoms with Gasteiger partial charge in [0.05, 0.1) is 25.4 Å². The standard InChI is InChI=1S/C41H75NO9/c1-4-6-8-10-12-13-14-15-16-18-20-24-29-35(45)40(49)42-33(31-50-41-39(48)38(47)37(46)36(30-43)51-41)34(44)28-25-21-23-27-32(3)26-22-19-17-11-9-7-5-2/h24-25,27-29,33-39,41,43-48H,4-23,26,30-31H2,1-3H3,(H,42,49)/b28-25+,29-24+,32-27+/t33-,34-,35+,36-,37-,38+,39-,41-/m1/s1. The molecule has 0 aromatic carbocycles. The van der Waals surface area contributed by atoms with Gasteiger partial charge in [0.25, 0.3) is 5.91 Å². The molecule has 0 unspecified atom stereocenters. The quantitative estimate of drug-likeness (QED) is 0.0320. The SMILES string of the molecule is CCCCCCCCCCCC/C=C/[C@H](O)C(=O)N[C@H](CO[C@@H]1O[C@H](CO)[C@@H](O)[C@H](O)[C@H]1O)[C@H](O)/C=C/CC/C=C(\C)CCCCCCCCC. The maximum absolute atomic E-state index is 12.9. The minimum atomic E-state index is -1.62. The molecule has 0 aromatic heterocycles. The summed E-state index contributed by atoms with van der Waals surface area (Å²) in [6, 6.07) is -1.03. The van der Waals surface area contributed by atoms with Gasteiger partial charge in [0, 0.05) is 0 Å². The van der Waals surface area contributed by atoms with Gasteiger partial charge in [-0.1, -0.05) is 146 Å². The van der Waals surface area contributed by atoms with Gasteiger partial charge >= 0.3 is 0 Å². The Morgan fingerprint density at radius 3 is 1.86 bits per heavy atom. The Morgan fingerprint density at radius 1 is 0.725 bits per heavy atom. The van der Waals surface area contributed by atoms with Gasteiger partial charge in [-0.25, -0.2) is 0 Å². The number of carbonyl (C=O) groups excluding carboxylic acids is 1. The Kier molecular flexibility index (Phi) is 28.6. The van der Waals surface area contributed by atoms with Crippen LogP contribution < -0.4 is 5.32 Å². The first-order valence-electron chi connectivity index (χ1n) is 20.2. The average Bonchev–Trinajstić information content (AvgIpc) is 3.12. The highest BCUT2D eigenvalue weighted by Gasteiger charge is 2.44. The van der Waals surface area contributed by atoms with E-state index in [9.17, 15) is 35.4 Å². The number of unbranched alkanes of at least 4 members (excludes halogenated alkanes) is 17. The van der Waals surface area contributed by atoms with Crippen LogP contribution in [0.1, 0.15) is 156 Å². The molecule has 0 aliphatic carbocycles. The molecule has 10 nitrogen and oxygen atoms in total. The minimum Gasteiger partial charge on any atom is -0.394 e. The molecule has 1 aliphatic rings. The van der Waals surface area contributed by atoms with Crippen molar-refractivity contribution in [2.45, 2.75) is 205 Å². The molecule has 0 radical (unpaired) electrons. The third-order valence-electron chi connectivity index (χ3n) is 9.67. The number of rotatable bonds is 31. The van der Waals surface area contributed by atoms with Crippen molar-refractivity contribution >= 4 is 5.91 Å². The number of hydrogen-bond acceptors (Lipinski definition) is 9. The van der Waals surface area contributed by atoms with E-state index < -0.39 is 61.5 Å². The maximum atomic E-state index is 12.9. The number of carbonyl (C=O) groups is 1. The van der Waals surface area contributed by atoms with Crippen LogP contribution in [0.3, 0.4) is 0 Å². The first kappa shape index (κ1) is 47.4. The Bertz CT molecular complexity index is 940. The van der Waals surface area contributed by atoms with Crippen molar-refractivity contribution in [1.29, 1.82) is 0 Å². The van der Waals surface area contributed by atoms with Gasteiger partial charge in [-0.3, -0.25) is 4.79 Å². The summed E-state index contributed by atoms with van der Waals surface area (Å²) in [6.07, 6.45) is 23.5. The van der Waals surface area contributed by atoms with Crippen molar-refractivity contribution in [3.8, 4) is 0 Å². The van der Waals surface area contributed by atoms with E-state index in [1.54, 1.807) is 12.2 Å². The van der Waals surface area contributed by atoms with Crippen molar-refractivity contribution in [2.24, 2.45) is 0 Å². The van der Waals surface area contributed by atoms with Crippen LogP contribution in [0.2, 0.25) is 0 Å². The lowest BCUT2D eigenvalue weighted by molar-refractivity contribution is -0.302. The fraction of sp³-hybridized carbons (Fsp3) is 0.829. The van der Waals surface area contributed by atoms with Crippen molar-refractivity contribution in [2.75, 3.05) is 13.2 Å². The summed E-state index contributed by atoms with van der Waals surface area (Å²) in [7, 11) is 0. The summed E-state index contributed by atoms with van der Waals surface area (Å²) in [5.74, 6) is -0.715. The highest BCUT2D eigenvalue weighted by molar-refractivity contribution is 5.82. The highest BCUT2D eigenvalue weighted by atomic mass is 16.7. The predicted molar refractivity (Wildman–Crippen MR) is 204 cm³/mol. The first-order chi connectivity index (χ1) is 24.7. The molecule has 0 saturated carbocycles. The van der Waals surface area contributed by atoms with Gasteiger partial charge in [-0.15, -0.1) is 0 Å². The topological polar surface area (TPSA) is 169 Å². The molecule has 8 atom stereocenters. The van der Waals surface area contributed by atoms with Crippen molar-refractivity contribution < 1.29 is 44.9 Å². The zero-order chi connectivity index (χ0) is 37.7. The largest absolute Gasteiger partial charge is 0.394 e. The molecule has 0 spiro atoms. The van der Waals surface area contributed by atoms with Gasteiger partial charge in [-0.05, 0) is 45.4 Å². The highest BCUT2D eigenvalue weighted by Crippen LogP contribution is 2.22. The molecule has 1 fully saturated rings. The molecule has 1 amide bonds. The molecule has 7 N–H and O–H groups in total. The van der Waals surface area contributed by atoms with E-state index in [1.807, 2.05) is 6.08 Å². The van der Waals surface area contributed by atoms with Crippen molar-refractivity contribution in [1.82, 2.24) is 5.32 Å². The summed E-state index contributed by atoms with van der Waals surface area (Å²) in [5, 5.41) is 64.3. The zero-order valence-electron chi connectivity index (χ0n) is 32.2. The van der Waals surface area contributed by atoms with Gasteiger partial charge in [0.2, 0.25) is 0 Å². The zero-order valence-corrected chi connectivity index (χ0v) is 32.2. The van der Waals surface area contributed by atoms with Crippen LogP contribution in [0.15, 0.2) is 36.0 Å². The Labute approximate surface area is 309 Å². The fourth-order valence-corrected chi connectivity index (χ4v) is 6.22. The lowest BCUT2D eigenvalue weighted by atomic mass is 9.99. The van der Waals surface area contributed by atoms with Gasteiger partial charge < -0.3 is 45.4 Å². The predicted octanol–water partition coefficient (Wildman–Crippen LogP) is 6.30. The normalized spacial score (nSPS) is 23.2. The summed E-state index contributed by atoms with van der Waals surface area (Å²) in [5.41, 5.74) is 1.35. The second-order valence-electron chi connectivity index (χ2n) is 14.4. The van der Waals surface area contributed by atoms with Crippen LogP contribution in [0.4, 0.5) is 0 Å². The lowest BCUT2D eigenvalue weighted by Crippen LogP contribution is -2.60. The first-order valence-corrected chi connectivity index (χ1v) is 20.2. The fourth-order valence-electron chi connectivity index (χ4n) is 6.22. The summed E-state index contributed by atoms with van der Waals surface area (Å²) in [4.78, 5) is 12.9. The number of aliphatic hydroxyl groups is 6. The summed E-state index contributed by atoms with van der Waals surface area (Å²) >= 11 is 0. The lowest BCUT2D eigenvalue weighted by Gasteiger charge is -2.40. The van der Waals surface area contributed by atoms with E-state index in [4.69, 9.17) is 9.47 Å². The van der Waals surface area contributed by atoms with E-state index in [1.165, 1.54) is 108 Å². The molecule has 10 heteroatoms. The van der Waals surface area contributed by atoms with Crippen LogP contribution in [-0.4, -0.2) is 98.7 Å². The van der Waals surface area contributed by atoms with E-state index in [-0.39, 0.29) is 6.61 Å². The van der Waals surface area contributed by atoms with Crippen molar-refractivity contribution in [3.05, 3.63) is 36.0 Å². The Morgan fingerprint density at radius 2 is 1.27 bits per heavy atom.